The van der Waals surface area contributed by atoms with Crippen LogP contribution in [0.2, 0.25) is 0 Å². The number of β-amino-alcohol motifs (C(OH)–C–C–N with tert-alkyl or cyclic N) is 1. The molecule has 0 saturated carbocycles. The van der Waals surface area contributed by atoms with Crippen LogP contribution in [-0.2, 0) is 11.4 Å². The third-order valence-corrected chi connectivity index (χ3v) is 2.39. The fourth-order valence-corrected chi connectivity index (χ4v) is 1.62. The molecule has 0 bridgehead atoms. The summed E-state index contributed by atoms with van der Waals surface area (Å²) in [7, 11) is 0. The van der Waals surface area contributed by atoms with Gasteiger partial charge in [0.2, 0.25) is 11.7 Å². The number of aliphatic hydroxyl groups excluding tert-OH is 1. The summed E-state index contributed by atoms with van der Waals surface area (Å²) in [6.07, 6.45) is 1.09. The summed E-state index contributed by atoms with van der Waals surface area (Å²) >= 11 is 0. The van der Waals surface area contributed by atoms with Crippen LogP contribution in [0.15, 0.2) is 27.3 Å². The normalized spacial score (nSPS) is 21.1. The molecule has 1 N–H and O–H groups in total. The Kier molecular flexibility index (Phi) is 2.63. The van der Waals surface area contributed by atoms with Crippen molar-refractivity contribution in [3.8, 4) is 11.6 Å². The van der Waals surface area contributed by atoms with Gasteiger partial charge in [-0.05, 0) is 12.1 Å². The first kappa shape index (κ1) is 10.5. The molecule has 17 heavy (non-hydrogen) atoms. The molecule has 1 atom stereocenters. The number of aliphatic hydroxyl groups is 1. The van der Waals surface area contributed by atoms with E-state index >= 15 is 0 Å². The predicted octanol–water partition coefficient (Wildman–Crippen LogP) is 0.438. The molecular formula is C10H11N3O4. The van der Waals surface area contributed by atoms with Crippen LogP contribution in [0, 0.1) is 0 Å². The monoisotopic (exact) mass is 237 g/mol. The molecule has 2 aromatic rings. The Labute approximate surface area is 96.5 Å². The van der Waals surface area contributed by atoms with Crippen molar-refractivity contribution < 1.29 is 18.9 Å². The second kappa shape index (κ2) is 4.28. The number of nitrogens with zero attached hydrogens (tertiary/aromatic N) is 3. The maximum atomic E-state index is 9.28. The molecule has 0 aliphatic carbocycles. The van der Waals surface area contributed by atoms with Gasteiger partial charge in [0.1, 0.15) is 6.54 Å². The molecular weight excluding hydrogens is 226 g/mol. The molecule has 1 fully saturated rings. The van der Waals surface area contributed by atoms with Crippen LogP contribution in [-0.4, -0.2) is 39.6 Å². The van der Waals surface area contributed by atoms with E-state index < -0.39 is 6.10 Å². The van der Waals surface area contributed by atoms with E-state index in [4.69, 9.17) is 13.8 Å². The lowest BCUT2D eigenvalue weighted by atomic mass is 10.4. The second-order valence-corrected chi connectivity index (χ2v) is 3.76. The van der Waals surface area contributed by atoms with Crippen molar-refractivity contribution in [3.05, 3.63) is 24.3 Å². The average molecular weight is 237 g/mol. The molecule has 0 amide bonds. The van der Waals surface area contributed by atoms with Gasteiger partial charge in [0.05, 0.1) is 25.5 Å². The third kappa shape index (κ3) is 2.21. The number of hydrogen-bond donors (Lipinski definition) is 1. The Bertz CT molecular complexity index is 481. The molecule has 1 aliphatic rings. The summed E-state index contributed by atoms with van der Waals surface area (Å²) < 4.78 is 10.2. The van der Waals surface area contributed by atoms with E-state index in [1.165, 1.54) is 0 Å². The first-order chi connectivity index (χ1) is 8.31. The van der Waals surface area contributed by atoms with Crippen LogP contribution in [0.25, 0.3) is 11.6 Å². The Morgan fingerprint density at radius 2 is 2.47 bits per heavy atom. The molecule has 3 rings (SSSR count). The molecule has 7 nitrogen and oxygen atoms in total. The van der Waals surface area contributed by atoms with Gasteiger partial charge < -0.3 is 14.0 Å². The standard InChI is InChI=1S/C10H11N3O4/c14-7-4-13(16-6-7)5-9-11-10(12-17-9)8-2-1-3-15-8/h1-3,7,14H,4-6H2/t7-/m1/s1. The van der Waals surface area contributed by atoms with Crippen molar-refractivity contribution in [2.24, 2.45) is 0 Å². The molecule has 0 radical (unpaired) electrons. The quantitative estimate of drug-likeness (QED) is 0.828. The predicted molar refractivity (Wildman–Crippen MR) is 54.4 cm³/mol. The van der Waals surface area contributed by atoms with E-state index in [1.54, 1.807) is 23.5 Å². The highest BCUT2D eigenvalue weighted by Gasteiger charge is 2.23. The lowest BCUT2D eigenvalue weighted by molar-refractivity contribution is -0.122. The van der Waals surface area contributed by atoms with E-state index in [1.807, 2.05) is 0 Å². The smallest absolute Gasteiger partial charge is 0.243 e. The fourth-order valence-electron chi connectivity index (χ4n) is 1.62. The Morgan fingerprint density at radius 1 is 1.53 bits per heavy atom. The van der Waals surface area contributed by atoms with Gasteiger partial charge in [0.15, 0.2) is 5.76 Å². The van der Waals surface area contributed by atoms with Gasteiger partial charge in [0.25, 0.3) is 0 Å². The van der Waals surface area contributed by atoms with E-state index in [0.29, 0.717) is 37.2 Å². The number of hydroxylamine groups is 2. The third-order valence-electron chi connectivity index (χ3n) is 2.39. The van der Waals surface area contributed by atoms with E-state index in [2.05, 4.69) is 10.1 Å². The summed E-state index contributed by atoms with van der Waals surface area (Å²) in [4.78, 5) is 9.37. The summed E-state index contributed by atoms with van der Waals surface area (Å²) in [5.41, 5.74) is 0. The van der Waals surface area contributed by atoms with Crippen molar-refractivity contribution in [1.82, 2.24) is 15.2 Å². The van der Waals surface area contributed by atoms with E-state index in [9.17, 15) is 5.11 Å². The number of rotatable bonds is 3. The summed E-state index contributed by atoms with van der Waals surface area (Å²) in [5.74, 6) is 1.39. The minimum atomic E-state index is -0.456. The zero-order chi connectivity index (χ0) is 11.7. The molecule has 1 saturated heterocycles. The van der Waals surface area contributed by atoms with Crippen molar-refractivity contribution in [2.75, 3.05) is 13.2 Å². The van der Waals surface area contributed by atoms with Crippen molar-refractivity contribution in [1.29, 1.82) is 0 Å². The highest BCUT2D eigenvalue weighted by atomic mass is 16.7. The number of aromatic nitrogens is 2. The first-order valence-corrected chi connectivity index (χ1v) is 5.23. The van der Waals surface area contributed by atoms with Crippen LogP contribution < -0.4 is 0 Å². The molecule has 7 heteroatoms. The van der Waals surface area contributed by atoms with Crippen LogP contribution >= 0.6 is 0 Å². The van der Waals surface area contributed by atoms with Crippen molar-refractivity contribution >= 4 is 0 Å². The van der Waals surface area contributed by atoms with Crippen LogP contribution in [0.5, 0.6) is 0 Å². The van der Waals surface area contributed by atoms with Crippen LogP contribution in [0.4, 0.5) is 0 Å². The van der Waals surface area contributed by atoms with Gasteiger partial charge in [-0.2, -0.15) is 10.0 Å². The topological polar surface area (TPSA) is 84.8 Å². The van der Waals surface area contributed by atoms with Crippen molar-refractivity contribution in [2.45, 2.75) is 12.6 Å². The zero-order valence-electron chi connectivity index (χ0n) is 8.94. The summed E-state index contributed by atoms with van der Waals surface area (Å²) in [6.45, 7) is 1.10. The minimum Gasteiger partial charge on any atom is -0.461 e. The maximum Gasteiger partial charge on any atom is 0.243 e. The zero-order valence-corrected chi connectivity index (χ0v) is 8.94. The average Bonchev–Trinajstić information content (AvgIpc) is 3.00. The molecule has 0 unspecified atom stereocenters. The summed E-state index contributed by atoms with van der Waals surface area (Å²) in [6, 6.07) is 3.51. The molecule has 90 valence electrons. The highest BCUT2D eigenvalue weighted by molar-refractivity contribution is 5.44. The lowest BCUT2D eigenvalue weighted by Crippen LogP contribution is -2.20. The molecule has 3 heterocycles. The lowest BCUT2D eigenvalue weighted by Gasteiger charge is -2.09. The van der Waals surface area contributed by atoms with Gasteiger partial charge in [0, 0.05) is 0 Å². The Balaban J connectivity index is 1.69. The second-order valence-electron chi connectivity index (χ2n) is 3.76. The Hall–Kier alpha value is -1.70. The van der Waals surface area contributed by atoms with E-state index in [0.717, 1.165) is 0 Å². The van der Waals surface area contributed by atoms with Crippen molar-refractivity contribution in [3.63, 3.8) is 0 Å². The fraction of sp³-hybridized carbons (Fsp3) is 0.400. The number of furan rings is 1. The van der Waals surface area contributed by atoms with Gasteiger partial charge in [-0.25, -0.2) is 0 Å². The minimum absolute atomic E-state index is 0.305. The molecule has 0 aromatic carbocycles. The van der Waals surface area contributed by atoms with Gasteiger partial charge >= 0.3 is 0 Å². The first-order valence-electron chi connectivity index (χ1n) is 5.23. The number of hydrogen-bond acceptors (Lipinski definition) is 7. The molecule has 0 spiro atoms. The van der Waals surface area contributed by atoms with E-state index in [-0.39, 0.29) is 0 Å². The SMILES string of the molecule is O[C@H]1CON(Cc2nc(-c3ccco3)no2)C1. The molecule has 2 aromatic heterocycles. The van der Waals surface area contributed by atoms with Crippen LogP contribution in [0.1, 0.15) is 5.89 Å². The maximum absolute atomic E-state index is 9.28. The highest BCUT2D eigenvalue weighted by Crippen LogP contribution is 2.17. The van der Waals surface area contributed by atoms with Gasteiger partial charge in [-0.15, -0.1) is 0 Å². The summed E-state index contributed by atoms with van der Waals surface area (Å²) in [5, 5.41) is 14.7. The molecule has 1 aliphatic heterocycles. The van der Waals surface area contributed by atoms with Gasteiger partial charge in [-0.3, -0.25) is 4.84 Å². The van der Waals surface area contributed by atoms with Gasteiger partial charge in [-0.1, -0.05) is 5.16 Å². The Morgan fingerprint density at radius 3 is 3.18 bits per heavy atom. The largest absolute Gasteiger partial charge is 0.461 e. The van der Waals surface area contributed by atoms with Crippen LogP contribution in [0.3, 0.4) is 0 Å².